The molecule has 112 valence electrons. The Morgan fingerprint density at radius 2 is 1.91 bits per heavy atom. The number of hydrogen-bond acceptors (Lipinski definition) is 4. The van der Waals surface area contributed by atoms with Crippen molar-refractivity contribution in [1.29, 1.82) is 0 Å². The fraction of sp³-hybridized carbons (Fsp3) is 0.167. The zero-order chi connectivity index (χ0) is 15.5. The van der Waals surface area contributed by atoms with Gasteiger partial charge in [-0.25, -0.2) is 0 Å². The second-order valence-corrected chi connectivity index (χ2v) is 5.02. The highest BCUT2D eigenvalue weighted by Gasteiger charge is 2.08. The fourth-order valence-corrected chi connectivity index (χ4v) is 2.30. The summed E-state index contributed by atoms with van der Waals surface area (Å²) in [6.45, 7) is 2.11. The van der Waals surface area contributed by atoms with Crippen LogP contribution in [0.1, 0.15) is 12.5 Å². The second-order valence-electron chi connectivity index (χ2n) is 5.02. The maximum Gasteiger partial charge on any atom is 0.216 e. The fourth-order valence-electron chi connectivity index (χ4n) is 2.30. The molecule has 1 aromatic heterocycles. The Kier molecular flexibility index (Phi) is 3.83. The minimum atomic E-state index is -0.0940. The first-order valence-corrected chi connectivity index (χ1v) is 7.17. The van der Waals surface area contributed by atoms with Crippen molar-refractivity contribution in [1.82, 2.24) is 0 Å². The Morgan fingerprint density at radius 1 is 1.14 bits per heavy atom. The normalized spacial score (nSPS) is 10.6. The predicted octanol–water partition coefficient (Wildman–Crippen LogP) is 4.11. The van der Waals surface area contributed by atoms with Crippen LogP contribution in [0.15, 0.2) is 57.9 Å². The first-order chi connectivity index (χ1) is 10.7. The minimum absolute atomic E-state index is 0.0940. The van der Waals surface area contributed by atoms with Crippen LogP contribution < -0.4 is 15.5 Å². The molecule has 1 heterocycles. The average Bonchev–Trinajstić information content (AvgIpc) is 2.57. The van der Waals surface area contributed by atoms with Crippen LogP contribution in [-0.4, -0.2) is 7.11 Å². The Hall–Kier alpha value is -2.75. The van der Waals surface area contributed by atoms with Crippen LogP contribution in [0.25, 0.3) is 11.0 Å². The summed E-state index contributed by atoms with van der Waals surface area (Å²) in [7, 11) is 1.58. The van der Waals surface area contributed by atoms with Gasteiger partial charge in [0.1, 0.15) is 23.3 Å². The van der Waals surface area contributed by atoms with Crippen LogP contribution in [0.3, 0.4) is 0 Å². The molecule has 3 rings (SSSR count). The van der Waals surface area contributed by atoms with Crippen molar-refractivity contribution < 1.29 is 9.15 Å². The van der Waals surface area contributed by atoms with Crippen molar-refractivity contribution in [2.24, 2.45) is 0 Å². The number of rotatable bonds is 4. The minimum Gasteiger partial charge on any atom is -0.497 e. The molecule has 3 aromatic rings. The largest absolute Gasteiger partial charge is 0.497 e. The maximum absolute atomic E-state index is 12.5. The van der Waals surface area contributed by atoms with Crippen molar-refractivity contribution in [3.8, 4) is 5.75 Å². The monoisotopic (exact) mass is 295 g/mol. The summed E-state index contributed by atoms with van der Waals surface area (Å²) in [6, 6.07) is 13.2. The van der Waals surface area contributed by atoms with Gasteiger partial charge in [-0.05, 0) is 36.2 Å². The number of ether oxygens (including phenoxy) is 1. The molecule has 0 saturated heterocycles. The van der Waals surface area contributed by atoms with E-state index in [9.17, 15) is 4.79 Å². The van der Waals surface area contributed by atoms with E-state index >= 15 is 0 Å². The van der Waals surface area contributed by atoms with E-state index in [1.54, 1.807) is 25.3 Å². The van der Waals surface area contributed by atoms with E-state index in [-0.39, 0.29) is 5.43 Å². The molecule has 0 atom stereocenters. The van der Waals surface area contributed by atoms with Gasteiger partial charge >= 0.3 is 0 Å². The number of benzene rings is 2. The van der Waals surface area contributed by atoms with Crippen molar-refractivity contribution in [3.63, 3.8) is 0 Å². The number of fused-ring (bicyclic) bond motifs is 1. The third-order valence-electron chi connectivity index (χ3n) is 3.62. The van der Waals surface area contributed by atoms with Crippen LogP contribution in [0.2, 0.25) is 0 Å². The molecule has 0 aliphatic carbocycles. The molecule has 0 unspecified atom stereocenters. The Balaban J connectivity index is 1.97. The molecule has 0 aliphatic heterocycles. The third kappa shape index (κ3) is 2.68. The van der Waals surface area contributed by atoms with Gasteiger partial charge in [0.05, 0.1) is 12.5 Å². The van der Waals surface area contributed by atoms with E-state index in [0.29, 0.717) is 22.4 Å². The van der Waals surface area contributed by atoms with Gasteiger partial charge in [-0.1, -0.05) is 19.1 Å². The van der Waals surface area contributed by atoms with E-state index in [2.05, 4.69) is 12.2 Å². The molecule has 0 fully saturated rings. The molecule has 0 bridgehead atoms. The summed E-state index contributed by atoms with van der Waals surface area (Å²) in [5.74, 6) is 0.659. The van der Waals surface area contributed by atoms with Crippen molar-refractivity contribution in [2.45, 2.75) is 13.3 Å². The van der Waals surface area contributed by atoms with Crippen LogP contribution in [-0.2, 0) is 6.42 Å². The van der Waals surface area contributed by atoms with Gasteiger partial charge in [0.25, 0.3) is 0 Å². The van der Waals surface area contributed by atoms with Crippen LogP contribution in [0, 0.1) is 0 Å². The predicted molar refractivity (Wildman–Crippen MR) is 88.1 cm³/mol. The third-order valence-corrected chi connectivity index (χ3v) is 3.62. The van der Waals surface area contributed by atoms with Crippen LogP contribution >= 0.6 is 0 Å². The lowest BCUT2D eigenvalue weighted by molar-refractivity contribution is 0.414. The van der Waals surface area contributed by atoms with Gasteiger partial charge in [-0.3, -0.25) is 4.79 Å². The number of aryl methyl sites for hydroxylation is 1. The van der Waals surface area contributed by atoms with Crippen molar-refractivity contribution in [2.75, 3.05) is 12.4 Å². The zero-order valence-corrected chi connectivity index (χ0v) is 12.6. The lowest BCUT2D eigenvalue weighted by Crippen LogP contribution is -2.08. The molecule has 0 saturated carbocycles. The highest BCUT2D eigenvalue weighted by atomic mass is 16.5. The second kappa shape index (κ2) is 5.93. The summed E-state index contributed by atoms with van der Waals surface area (Å²) < 4.78 is 10.7. The Morgan fingerprint density at radius 3 is 2.59 bits per heavy atom. The van der Waals surface area contributed by atoms with Crippen molar-refractivity contribution in [3.05, 3.63) is 64.5 Å². The number of nitrogens with one attached hydrogen (secondary N) is 1. The summed E-state index contributed by atoms with van der Waals surface area (Å²) in [6.07, 6.45) is 2.43. The van der Waals surface area contributed by atoms with E-state index in [4.69, 9.17) is 9.15 Å². The van der Waals surface area contributed by atoms with Gasteiger partial charge in [-0.15, -0.1) is 0 Å². The van der Waals surface area contributed by atoms with Gasteiger partial charge in [0, 0.05) is 11.8 Å². The van der Waals surface area contributed by atoms with Gasteiger partial charge in [0.15, 0.2) is 0 Å². The van der Waals surface area contributed by atoms with Crippen molar-refractivity contribution >= 4 is 22.3 Å². The van der Waals surface area contributed by atoms with E-state index in [1.807, 2.05) is 24.3 Å². The Labute approximate surface area is 128 Å². The lowest BCUT2D eigenvalue weighted by Gasteiger charge is -2.07. The molecule has 0 amide bonds. The molecular formula is C18H17NO3. The number of hydrogen-bond donors (Lipinski definition) is 1. The van der Waals surface area contributed by atoms with Crippen LogP contribution in [0.5, 0.6) is 5.75 Å². The average molecular weight is 295 g/mol. The molecule has 0 spiro atoms. The molecule has 0 radical (unpaired) electrons. The molecular weight excluding hydrogens is 278 g/mol. The summed E-state index contributed by atoms with van der Waals surface area (Å²) in [4.78, 5) is 12.5. The van der Waals surface area contributed by atoms with Gasteiger partial charge in [-0.2, -0.15) is 0 Å². The highest BCUT2D eigenvalue weighted by Crippen LogP contribution is 2.21. The maximum atomic E-state index is 12.5. The molecule has 2 aromatic carbocycles. The molecule has 22 heavy (non-hydrogen) atoms. The summed E-state index contributed by atoms with van der Waals surface area (Å²) in [5, 5.41) is 3.63. The topological polar surface area (TPSA) is 51.5 Å². The highest BCUT2D eigenvalue weighted by molar-refractivity contribution is 5.81. The Bertz CT molecular complexity index is 850. The quantitative estimate of drug-likeness (QED) is 0.787. The van der Waals surface area contributed by atoms with Gasteiger partial charge in [0.2, 0.25) is 5.43 Å². The first kappa shape index (κ1) is 14.2. The molecule has 0 aliphatic rings. The smallest absolute Gasteiger partial charge is 0.216 e. The van der Waals surface area contributed by atoms with E-state index in [1.165, 1.54) is 11.8 Å². The standard InChI is InChI=1S/C18H17NO3/c1-3-12-4-6-13(7-5-12)19-16-11-22-17-10-14(21-2)8-9-15(17)18(16)20/h4-11,19H,3H2,1-2H3. The molecule has 4 heteroatoms. The lowest BCUT2D eigenvalue weighted by atomic mass is 10.1. The number of anilines is 2. The summed E-state index contributed by atoms with van der Waals surface area (Å²) >= 11 is 0. The molecule has 1 N–H and O–H groups in total. The van der Waals surface area contributed by atoms with E-state index < -0.39 is 0 Å². The first-order valence-electron chi connectivity index (χ1n) is 7.17. The summed E-state index contributed by atoms with van der Waals surface area (Å²) in [5.41, 5.74) is 2.95. The molecule has 4 nitrogen and oxygen atoms in total. The van der Waals surface area contributed by atoms with Gasteiger partial charge < -0.3 is 14.5 Å². The zero-order valence-electron chi connectivity index (χ0n) is 12.6. The SMILES string of the molecule is CCc1ccc(Nc2coc3cc(OC)ccc3c2=O)cc1. The number of methoxy groups -OCH3 is 1. The van der Waals surface area contributed by atoms with E-state index in [0.717, 1.165) is 12.1 Å². The van der Waals surface area contributed by atoms with Crippen LogP contribution in [0.4, 0.5) is 11.4 Å².